The number of aromatic nitrogens is 2. The lowest BCUT2D eigenvalue weighted by molar-refractivity contribution is -0.140. The van der Waals surface area contributed by atoms with Crippen LogP contribution in [0.15, 0.2) is 6.07 Å². The average molecular weight is 289 g/mol. The molecule has 8 heteroatoms. The zero-order chi connectivity index (χ0) is 14.3. The van der Waals surface area contributed by atoms with Crippen LogP contribution in [0.3, 0.4) is 0 Å². The van der Waals surface area contributed by atoms with E-state index in [-0.39, 0.29) is 24.4 Å². The van der Waals surface area contributed by atoms with Crippen molar-refractivity contribution >= 4 is 21.8 Å². The zero-order valence-corrected chi connectivity index (χ0v) is 11.9. The molecular formula is C11H19N3O4S. The summed E-state index contributed by atoms with van der Waals surface area (Å²) >= 11 is 0. The predicted molar refractivity (Wildman–Crippen MR) is 71.2 cm³/mol. The van der Waals surface area contributed by atoms with E-state index in [1.165, 1.54) is 7.11 Å². The molecular weight excluding hydrogens is 270 g/mol. The van der Waals surface area contributed by atoms with Crippen molar-refractivity contribution in [3.8, 4) is 0 Å². The lowest BCUT2D eigenvalue weighted by Crippen LogP contribution is -2.17. The molecule has 0 aromatic carbocycles. The van der Waals surface area contributed by atoms with Gasteiger partial charge in [-0.3, -0.25) is 14.6 Å². The second-order valence-electron chi connectivity index (χ2n) is 4.13. The maximum absolute atomic E-state index is 11.7. The van der Waals surface area contributed by atoms with Crippen molar-refractivity contribution < 1.29 is 17.9 Å². The predicted octanol–water partition coefficient (Wildman–Crippen LogP) is 1.06. The number of carbonyl (C=O) groups excluding carboxylic acids is 1. The summed E-state index contributed by atoms with van der Waals surface area (Å²) in [5, 5.41) is 6.63. The minimum atomic E-state index is -3.48. The van der Waals surface area contributed by atoms with Crippen molar-refractivity contribution in [2.45, 2.75) is 32.6 Å². The molecule has 108 valence electrons. The highest BCUT2D eigenvalue weighted by Crippen LogP contribution is 2.10. The Morgan fingerprint density at radius 2 is 2.26 bits per heavy atom. The zero-order valence-electron chi connectivity index (χ0n) is 11.1. The van der Waals surface area contributed by atoms with Crippen LogP contribution < -0.4 is 4.72 Å². The molecule has 19 heavy (non-hydrogen) atoms. The van der Waals surface area contributed by atoms with Gasteiger partial charge in [-0.05, 0) is 12.8 Å². The van der Waals surface area contributed by atoms with Crippen molar-refractivity contribution in [3.05, 3.63) is 11.8 Å². The number of hydrogen-bond acceptors (Lipinski definition) is 5. The SMILES string of the molecule is CCCc1cc(NS(=O)(=O)CCCC(=O)OC)n[nH]1. The molecule has 0 saturated carbocycles. The Hall–Kier alpha value is -1.57. The normalized spacial score (nSPS) is 11.3. The van der Waals surface area contributed by atoms with Crippen LogP contribution in [0, 0.1) is 0 Å². The molecule has 0 aliphatic heterocycles. The fourth-order valence-electron chi connectivity index (χ4n) is 1.53. The number of aromatic amines is 1. The van der Waals surface area contributed by atoms with Gasteiger partial charge in [-0.15, -0.1) is 0 Å². The standard InChI is InChI=1S/C11H19N3O4S/c1-3-5-9-8-10(13-12-9)14-19(16,17)7-4-6-11(15)18-2/h8H,3-7H2,1-2H3,(H2,12,13,14). The summed E-state index contributed by atoms with van der Waals surface area (Å²) in [7, 11) is -2.21. The van der Waals surface area contributed by atoms with Gasteiger partial charge < -0.3 is 4.74 Å². The molecule has 1 aromatic rings. The van der Waals surface area contributed by atoms with Crippen LogP contribution in [0.2, 0.25) is 0 Å². The molecule has 1 heterocycles. The van der Waals surface area contributed by atoms with E-state index < -0.39 is 16.0 Å². The smallest absolute Gasteiger partial charge is 0.305 e. The third kappa shape index (κ3) is 5.73. The number of methoxy groups -OCH3 is 1. The fourth-order valence-corrected chi connectivity index (χ4v) is 2.58. The second kappa shape index (κ2) is 7.13. The maximum atomic E-state index is 11.7. The Kier molecular flexibility index (Phi) is 5.81. The van der Waals surface area contributed by atoms with Crippen LogP contribution in [-0.4, -0.2) is 37.4 Å². The number of rotatable bonds is 8. The van der Waals surface area contributed by atoms with Crippen molar-refractivity contribution in [1.82, 2.24) is 10.2 Å². The molecule has 0 aliphatic rings. The third-order valence-corrected chi connectivity index (χ3v) is 3.78. The summed E-state index contributed by atoms with van der Waals surface area (Å²) in [5.41, 5.74) is 0.884. The van der Waals surface area contributed by atoms with Gasteiger partial charge in [-0.25, -0.2) is 8.42 Å². The van der Waals surface area contributed by atoms with Crippen molar-refractivity contribution in [3.63, 3.8) is 0 Å². The Bertz CT molecular complexity index is 510. The Labute approximate surface area is 112 Å². The summed E-state index contributed by atoms with van der Waals surface area (Å²) in [5.74, 6) is -0.278. The van der Waals surface area contributed by atoms with Crippen LogP contribution >= 0.6 is 0 Å². The first-order chi connectivity index (χ1) is 8.96. The molecule has 0 atom stereocenters. The highest BCUT2D eigenvalue weighted by atomic mass is 32.2. The van der Waals surface area contributed by atoms with E-state index in [9.17, 15) is 13.2 Å². The van der Waals surface area contributed by atoms with E-state index >= 15 is 0 Å². The fraction of sp³-hybridized carbons (Fsp3) is 0.636. The van der Waals surface area contributed by atoms with Gasteiger partial charge in [0.25, 0.3) is 0 Å². The van der Waals surface area contributed by atoms with E-state index in [0.29, 0.717) is 0 Å². The molecule has 0 fully saturated rings. The quantitative estimate of drug-likeness (QED) is 0.697. The summed E-state index contributed by atoms with van der Waals surface area (Å²) in [6.07, 6.45) is 2.07. The van der Waals surface area contributed by atoms with Gasteiger partial charge in [0, 0.05) is 18.2 Å². The monoisotopic (exact) mass is 289 g/mol. The molecule has 1 aromatic heterocycles. The van der Waals surface area contributed by atoms with Crippen molar-refractivity contribution in [2.75, 3.05) is 17.6 Å². The van der Waals surface area contributed by atoms with Crippen molar-refractivity contribution in [2.24, 2.45) is 0 Å². The van der Waals surface area contributed by atoms with Gasteiger partial charge in [0.2, 0.25) is 10.0 Å². The first-order valence-electron chi connectivity index (χ1n) is 6.08. The average Bonchev–Trinajstić information content (AvgIpc) is 2.75. The van der Waals surface area contributed by atoms with E-state index in [1.807, 2.05) is 6.92 Å². The highest BCUT2D eigenvalue weighted by Gasteiger charge is 2.13. The van der Waals surface area contributed by atoms with E-state index in [2.05, 4.69) is 19.7 Å². The van der Waals surface area contributed by atoms with Crippen LogP contribution in [0.25, 0.3) is 0 Å². The molecule has 7 nitrogen and oxygen atoms in total. The summed E-state index contributed by atoms with van der Waals surface area (Å²) in [6, 6.07) is 1.67. The number of ether oxygens (including phenoxy) is 1. The first-order valence-corrected chi connectivity index (χ1v) is 7.73. The minimum absolute atomic E-state index is 0.0824. The lowest BCUT2D eigenvalue weighted by atomic mass is 10.2. The van der Waals surface area contributed by atoms with Gasteiger partial charge >= 0.3 is 5.97 Å². The van der Waals surface area contributed by atoms with E-state index in [0.717, 1.165) is 18.5 Å². The highest BCUT2D eigenvalue weighted by molar-refractivity contribution is 7.92. The second-order valence-corrected chi connectivity index (χ2v) is 5.97. The summed E-state index contributed by atoms with van der Waals surface area (Å²) in [6.45, 7) is 2.03. The molecule has 0 saturated heterocycles. The number of nitrogens with zero attached hydrogens (tertiary/aromatic N) is 1. The maximum Gasteiger partial charge on any atom is 0.305 e. The van der Waals surface area contributed by atoms with E-state index in [1.54, 1.807) is 6.07 Å². The van der Waals surface area contributed by atoms with Crippen LogP contribution in [0.5, 0.6) is 0 Å². The Morgan fingerprint density at radius 1 is 1.53 bits per heavy atom. The number of hydrogen-bond donors (Lipinski definition) is 2. The van der Waals surface area contributed by atoms with Gasteiger partial charge in [-0.2, -0.15) is 5.10 Å². The first kappa shape index (κ1) is 15.5. The molecule has 2 N–H and O–H groups in total. The molecule has 0 amide bonds. The minimum Gasteiger partial charge on any atom is -0.469 e. The molecule has 0 radical (unpaired) electrons. The number of anilines is 1. The van der Waals surface area contributed by atoms with Crippen LogP contribution in [-0.2, 0) is 26.0 Å². The lowest BCUT2D eigenvalue weighted by Gasteiger charge is -2.04. The summed E-state index contributed by atoms with van der Waals surface area (Å²) in [4.78, 5) is 10.9. The third-order valence-electron chi connectivity index (χ3n) is 2.43. The largest absolute Gasteiger partial charge is 0.469 e. The van der Waals surface area contributed by atoms with Gasteiger partial charge in [0.1, 0.15) is 0 Å². The molecule has 0 bridgehead atoms. The Balaban J connectivity index is 2.46. The summed E-state index contributed by atoms with van der Waals surface area (Å²) < 4.78 is 30.2. The van der Waals surface area contributed by atoms with Gasteiger partial charge in [-0.1, -0.05) is 13.3 Å². The number of H-pyrrole nitrogens is 1. The van der Waals surface area contributed by atoms with E-state index in [4.69, 9.17) is 0 Å². The molecule has 0 unspecified atom stereocenters. The molecule has 0 spiro atoms. The number of sulfonamides is 1. The van der Waals surface area contributed by atoms with Gasteiger partial charge in [0.05, 0.1) is 12.9 Å². The van der Waals surface area contributed by atoms with Crippen LogP contribution in [0.4, 0.5) is 5.82 Å². The molecule has 0 aliphatic carbocycles. The number of aryl methyl sites for hydroxylation is 1. The van der Waals surface area contributed by atoms with Crippen LogP contribution in [0.1, 0.15) is 31.9 Å². The molecule has 1 rings (SSSR count). The topological polar surface area (TPSA) is 101 Å². The number of carbonyl (C=O) groups is 1. The number of esters is 1. The van der Waals surface area contributed by atoms with Crippen molar-refractivity contribution in [1.29, 1.82) is 0 Å². The Morgan fingerprint density at radius 3 is 2.89 bits per heavy atom. The van der Waals surface area contributed by atoms with Gasteiger partial charge in [0.15, 0.2) is 5.82 Å². The number of nitrogens with one attached hydrogen (secondary N) is 2.